The summed E-state index contributed by atoms with van der Waals surface area (Å²) in [6.45, 7) is 2.20. The molecule has 0 aliphatic heterocycles. The van der Waals surface area contributed by atoms with Crippen molar-refractivity contribution in [1.29, 1.82) is 0 Å². The molecule has 2 aromatic rings. The standard InChI is InChI=1S/C21H28N2O3S/c1-2-3-6-16-9-11-18(12-10-16)21(24)22-23-27(25,26)20-14-13-17-7-4-5-8-19(17)15-20/h4-5,7-8,13-16,18,23H,2-3,6,9-12H2,1H3,(H,22,24). The van der Waals surface area contributed by atoms with Crippen molar-refractivity contribution in [3.8, 4) is 0 Å². The van der Waals surface area contributed by atoms with E-state index in [1.165, 1.54) is 19.3 Å². The first-order valence-electron chi connectivity index (χ1n) is 9.80. The Morgan fingerprint density at radius 3 is 2.44 bits per heavy atom. The van der Waals surface area contributed by atoms with Crippen molar-refractivity contribution in [2.24, 2.45) is 11.8 Å². The lowest BCUT2D eigenvalue weighted by Gasteiger charge is -2.27. The molecule has 2 aromatic carbocycles. The van der Waals surface area contributed by atoms with Gasteiger partial charge < -0.3 is 0 Å². The van der Waals surface area contributed by atoms with E-state index >= 15 is 0 Å². The SMILES string of the molecule is CCCCC1CCC(C(=O)NNS(=O)(=O)c2ccc3ccccc3c2)CC1. The molecule has 0 saturated heterocycles. The van der Waals surface area contributed by atoms with Crippen LogP contribution in [0.1, 0.15) is 51.9 Å². The lowest BCUT2D eigenvalue weighted by Crippen LogP contribution is -2.45. The van der Waals surface area contributed by atoms with E-state index in [0.29, 0.717) is 5.92 Å². The largest absolute Gasteiger partial charge is 0.277 e. The summed E-state index contributed by atoms with van der Waals surface area (Å²) < 4.78 is 25.0. The first-order valence-corrected chi connectivity index (χ1v) is 11.3. The van der Waals surface area contributed by atoms with Gasteiger partial charge in [0, 0.05) is 5.92 Å². The molecular weight excluding hydrogens is 360 g/mol. The number of hydrogen-bond acceptors (Lipinski definition) is 3. The summed E-state index contributed by atoms with van der Waals surface area (Å²) in [5.74, 6) is 0.374. The molecule has 6 heteroatoms. The molecule has 0 radical (unpaired) electrons. The third-order valence-electron chi connectivity index (χ3n) is 5.52. The average Bonchev–Trinajstić information content (AvgIpc) is 2.70. The van der Waals surface area contributed by atoms with E-state index in [1.807, 2.05) is 24.3 Å². The average molecular weight is 389 g/mol. The maximum atomic E-state index is 12.5. The normalized spacial score (nSPS) is 20.5. The molecule has 5 nitrogen and oxygen atoms in total. The maximum absolute atomic E-state index is 12.5. The van der Waals surface area contributed by atoms with Crippen molar-refractivity contribution in [2.75, 3.05) is 0 Å². The number of sulfonamides is 1. The Morgan fingerprint density at radius 1 is 1.04 bits per heavy atom. The molecule has 2 N–H and O–H groups in total. The van der Waals surface area contributed by atoms with Crippen LogP contribution in [-0.4, -0.2) is 14.3 Å². The molecule has 1 fully saturated rings. The van der Waals surface area contributed by atoms with Crippen LogP contribution in [0.15, 0.2) is 47.4 Å². The second-order valence-electron chi connectivity index (χ2n) is 7.46. The van der Waals surface area contributed by atoms with E-state index in [2.05, 4.69) is 17.2 Å². The number of carbonyl (C=O) groups excluding carboxylic acids is 1. The molecule has 0 unspecified atom stereocenters. The molecule has 0 aromatic heterocycles. The van der Waals surface area contributed by atoms with Gasteiger partial charge in [0.05, 0.1) is 4.90 Å². The van der Waals surface area contributed by atoms with Crippen molar-refractivity contribution in [3.05, 3.63) is 42.5 Å². The third-order valence-corrected chi connectivity index (χ3v) is 6.77. The number of amides is 1. The van der Waals surface area contributed by atoms with Crippen LogP contribution in [0.5, 0.6) is 0 Å². The Morgan fingerprint density at radius 2 is 1.74 bits per heavy atom. The van der Waals surface area contributed by atoms with Crippen molar-refractivity contribution < 1.29 is 13.2 Å². The molecule has 27 heavy (non-hydrogen) atoms. The van der Waals surface area contributed by atoms with Gasteiger partial charge in [-0.25, -0.2) is 8.42 Å². The summed E-state index contributed by atoms with van der Waals surface area (Å²) in [5.41, 5.74) is 2.42. The summed E-state index contributed by atoms with van der Waals surface area (Å²) in [7, 11) is -3.79. The Kier molecular flexibility index (Phi) is 6.50. The predicted octanol–water partition coefficient (Wildman–Crippen LogP) is 4.15. The number of rotatable bonds is 7. The van der Waals surface area contributed by atoms with Gasteiger partial charge in [-0.15, -0.1) is 4.83 Å². The van der Waals surface area contributed by atoms with Crippen molar-refractivity contribution in [1.82, 2.24) is 10.3 Å². The van der Waals surface area contributed by atoms with E-state index in [1.54, 1.807) is 18.2 Å². The van der Waals surface area contributed by atoms with Crippen molar-refractivity contribution in [3.63, 3.8) is 0 Å². The quantitative estimate of drug-likeness (QED) is 0.700. The van der Waals surface area contributed by atoms with Gasteiger partial charge in [-0.3, -0.25) is 10.2 Å². The number of nitrogens with one attached hydrogen (secondary N) is 2. The highest BCUT2D eigenvalue weighted by molar-refractivity contribution is 7.89. The van der Waals surface area contributed by atoms with Crippen molar-refractivity contribution >= 4 is 26.7 Å². The third kappa shape index (κ3) is 5.08. The summed E-state index contributed by atoms with van der Waals surface area (Å²) >= 11 is 0. The predicted molar refractivity (Wildman–Crippen MR) is 107 cm³/mol. The van der Waals surface area contributed by atoms with Gasteiger partial charge in [-0.1, -0.05) is 56.5 Å². The molecule has 0 spiro atoms. The van der Waals surface area contributed by atoms with E-state index in [0.717, 1.165) is 36.5 Å². The molecular formula is C21H28N2O3S. The zero-order valence-electron chi connectivity index (χ0n) is 15.8. The minimum Gasteiger partial charge on any atom is -0.277 e. The number of carbonyl (C=O) groups is 1. The molecule has 0 bridgehead atoms. The fraction of sp³-hybridized carbons (Fsp3) is 0.476. The number of hydrazine groups is 1. The Balaban J connectivity index is 1.56. The van der Waals surface area contributed by atoms with Crippen LogP contribution in [0.25, 0.3) is 10.8 Å². The number of unbranched alkanes of at least 4 members (excludes halogenated alkanes) is 1. The minimum absolute atomic E-state index is 0.109. The molecule has 1 saturated carbocycles. The van der Waals surface area contributed by atoms with E-state index in [-0.39, 0.29) is 16.7 Å². The zero-order chi connectivity index (χ0) is 19.3. The van der Waals surface area contributed by atoms with E-state index < -0.39 is 10.0 Å². The fourth-order valence-electron chi connectivity index (χ4n) is 3.82. The van der Waals surface area contributed by atoms with E-state index in [4.69, 9.17) is 0 Å². The lowest BCUT2D eigenvalue weighted by atomic mass is 9.79. The highest BCUT2D eigenvalue weighted by Gasteiger charge is 2.27. The van der Waals surface area contributed by atoms with Gasteiger partial charge in [-0.05, 0) is 54.5 Å². The second-order valence-corrected chi connectivity index (χ2v) is 9.15. The summed E-state index contributed by atoms with van der Waals surface area (Å²) in [6.07, 6.45) is 7.45. The molecule has 0 atom stereocenters. The van der Waals surface area contributed by atoms with Gasteiger partial charge in [0.1, 0.15) is 0 Å². The van der Waals surface area contributed by atoms with Gasteiger partial charge in [-0.2, -0.15) is 0 Å². The van der Waals surface area contributed by atoms with Crippen molar-refractivity contribution in [2.45, 2.75) is 56.8 Å². The molecule has 1 amide bonds. The van der Waals surface area contributed by atoms with Crippen LogP contribution in [0.3, 0.4) is 0 Å². The minimum atomic E-state index is -3.79. The first-order chi connectivity index (χ1) is 13.0. The zero-order valence-corrected chi connectivity index (χ0v) is 16.6. The maximum Gasteiger partial charge on any atom is 0.257 e. The summed E-state index contributed by atoms with van der Waals surface area (Å²) in [5, 5.41) is 1.82. The Labute approximate surface area is 161 Å². The van der Waals surface area contributed by atoms with Crippen LogP contribution in [0, 0.1) is 11.8 Å². The molecule has 0 heterocycles. The summed E-state index contributed by atoms with van der Waals surface area (Å²) in [6, 6.07) is 12.5. The van der Waals surface area contributed by atoms with Gasteiger partial charge in [0.25, 0.3) is 10.0 Å². The fourth-order valence-corrected chi connectivity index (χ4v) is 4.70. The highest BCUT2D eigenvalue weighted by Crippen LogP contribution is 2.31. The van der Waals surface area contributed by atoms with E-state index in [9.17, 15) is 13.2 Å². The summed E-state index contributed by atoms with van der Waals surface area (Å²) in [4.78, 5) is 14.8. The number of hydrogen-bond donors (Lipinski definition) is 2. The number of benzene rings is 2. The van der Waals surface area contributed by atoms with Crippen LogP contribution < -0.4 is 10.3 Å². The molecule has 1 aliphatic rings. The molecule has 3 rings (SSSR count). The Hall–Kier alpha value is -1.92. The molecule has 1 aliphatic carbocycles. The number of fused-ring (bicyclic) bond motifs is 1. The highest BCUT2D eigenvalue weighted by atomic mass is 32.2. The van der Waals surface area contributed by atoms with Gasteiger partial charge >= 0.3 is 0 Å². The van der Waals surface area contributed by atoms with Gasteiger partial charge in [0.15, 0.2) is 0 Å². The monoisotopic (exact) mass is 388 g/mol. The van der Waals surface area contributed by atoms with Gasteiger partial charge in [0.2, 0.25) is 5.91 Å². The topological polar surface area (TPSA) is 75.3 Å². The first kappa shape index (κ1) is 19.8. The second kappa shape index (κ2) is 8.85. The Bertz CT molecular complexity index is 887. The van der Waals surface area contributed by atoms with Crippen LogP contribution in [-0.2, 0) is 14.8 Å². The van der Waals surface area contributed by atoms with Crippen LogP contribution in [0.4, 0.5) is 0 Å². The van der Waals surface area contributed by atoms with Crippen LogP contribution in [0.2, 0.25) is 0 Å². The smallest absolute Gasteiger partial charge is 0.257 e. The van der Waals surface area contributed by atoms with Crippen LogP contribution >= 0.6 is 0 Å². The molecule has 146 valence electrons. The lowest BCUT2D eigenvalue weighted by molar-refractivity contribution is -0.126.